The summed E-state index contributed by atoms with van der Waals surface area (Å²) < 4.78 is 21.8. The summed E-state index contributed by atoms with van der Waals surface area (Å²) in [6, 6.07) is 3.16. The lowest BCUT2D eigenvalue weighted by molar-refractivity contribution is 0.102. The number of nitrogens with one attached hydrogen (secondary N) is 1. The first-order valence-electron chi connectivity index (χ1n) is 8.93. The predicted octanol–water partition coefficient (Wildman–Crippen LogP) is 2.58. The molecule has 0 aliphatic carbocycles. The molecule has 1 aromatic carbocycles. The van der Waals surface area contributed by atoms with Crippen LogP contribution in [-0.4, -0.2) is 61.4 Å². The molecule has 0 saturated carbocycles. The van der Waals surface area contributed by atoms with Crippen LogP contribution in [0, 0.1) is 0 Å². The second kappa shape index (κ2) is 9.12. The maximum Gasteiger partial charge on any atom is 0.321 e. The molecule has 0 spiro atoms. The number of carbonyl (C=O) groups is 1. The van der Waals surface area contributed by atoms with Gasteiger partial charge in [-0.05, 0) is 12.8 Å². The third-order valence-corrected chi connectivity index (χ3v) is 4.41. The van der Waals surface area contributed by atoms with Crippen molar-refractivity contribution in [1.82, 2.24) is 14.9 Å². The molecule has 1 N–H and O–H groups in total. The zero-order valence-electron chi connectivity index (χ0n) is 16.2. The molecule has 1 aliphatic rings. The molecule has 1 atom stereocenters. The van der Waals surface area contributed by atoms with E-state index in [-0.39, 0.29) is 12.1 Å². The summed E-state index contributed by atoms with van der Waals surface area (Å²) in [7, 11) is 4.59. The fraction of sp³-hybridized carbons (Fsp3) is 0.421. The largest absolute Gasteiger partial charge is 0.493 e. The van der Waals surface area contributed by atoms with Gasteiger partial charge in [0.2, 0.25) is 11.6 Å². The van der Waals surface area contributed by atoms with Crippen LogP contribution in [0.15, 0.2) is 30.7 Å². The van der Waals surface area contributed by atoms with E-state index in [9.17, 15) is 4.79 Å². The third kappa shape index (κ3) is 4.54. The average Bonchev–Trinajstić information content (AvgIpc) is 2.73. The number of carbonyl (C=O) groups excluding carboxylic acids is 1. The first-order chi connectivity index (χ1) is 13.6. The van der Waals surface area contributed by atoms with E-state index in [1.54, 1.807) is 35.6 Å². The van der Waals surface area contributed by atoms with Crippen molar-refractivity contribution in [1.29, 1.82) is 0 Å². The quantitative estimate of drug-likeness (QED) is 0.813. The van der Waals surface area contributed by atoms with Crippen molar-refractivity contribution in [3.05, 3.63) is 30.7 Å². The Kier molecular flexibility index (Phi) is 6.36. The number of piperidine rings is 1. The van der Waals surface area contributed by atoms with Crippen molar-refractivity contribution >= 4 is 11.7 Å². The highest BCUT2D eigenvalue weighted by atomic mass is 16.5. The van der Waals surface area contributed by atoms with Gasteiger partial charge in [-0.3, -0.25) is 4.98 Å². The van der Waals surface area contributed by atoms with Crippen LogP contribution < -0.4 is 24.3 Å². The Bertz CT molecular complexity index is 777. The number of ether oxygens (including phenoxy) is 4. The Balaban J connectivity index is 1.67. The summed E-state index contributed by atoms with van der Waals surface area (Å²) in [4.78, 5) is 22.6. The van der Waals surface area contributed by atoms with E-state index in [2.05, 4.69) is 15.3 Å². The Morgan fingerprint density at radius 1 is 1.14 bits per heavy atom. The Morgan fingerprint density at radius 3 is 2.50 bits per heavy atom. The van der Waals surface area contributed by atoms with Gasteiger partial charge in [-0.15, -0.1) is 0 Å². The number of nitrogens with zero attached hydrogens (tertiary/aromatic N) is 3. The monoisotopic (exact) mass is 388 g/mol. The minimum atomic E-state index is -0.221. The van der Waals surface area contributed by atoms with Gasteiger partial charge < -0.3 is 29.2 Å². The van der Waals surface area contributed by atoms with Crippen LogP contribution in [-0.2, 0) is 0 Å². The summed E-state index contributed by atoms with van der Waals surface area (Å²) in [5.41, 5.74) is 0.552. The van der Waals surface area contributed by atoms with E-state index in [1.807, 2.05) is 0 Å². The normalized spacial score (nSPS) is 16.2. The van der Waals surface area contributed by atoms with Crippen LogP contribution in [0.3, 0.4) is 0 Å². The lowest BCUT2D eigenvalue weighted by atomic mass is 10.1. The highest BCUT2D eigenvalue weighted by Gasteiger charge is 2.26. The van der Waals surface area contributed by atoms with Crippen LogP contribution in [0.2, 0.25) is 0 Å². The molecule has 2 amide bonds. The first kappa shape index (κ1) is 19.5. The molecule has 0 bridgehead atoms. The molecular weight excluding hydrogens is 364 g/mol. The van der Waals surface area contributed by atoms with Gasteiger partial charge in [0.25, 0.3) is 0 Å². The Labute approximate surface area is 163 Å². The first-order valence-corrected chi connectivity index (χ1v) is 8.93. The topological polar surface area (TPSA) is 95.0 Å². The van der Waals surface area contributed by atoms with Crippen molar-refractivity contribution in [2.24, 2.45) is 0 Å². The van der Waals surface area contributed by atoms with Crippen molar-refractivity contribution in [2.75, 3.05) is 39.7 Å². The number of likely N-dealkylation sites (tertiary alicyclic amines) is 1. The molecule has 1 saturated heterocycles. The number of urea groups is 1. The van der Waals surface area contributed by atoms with Crippen molar-refractivity contribution in [3.63, 3.8) is 0 Å². The predicted molar refractivity (Wildman–Crippen MR) is 102 cm³/mol. The molecule has 0 radical (unpaired) electrons. The number of aromatic nitrogens is 2. The minimum Gasteiger partial charge on any atom is -0.493 e. The highest BCUT2D eigenvalue weighted by Crippen LogP contribution is 2.40. The number of methoxy groups -OCH3 is 3. The average molecular weight is 388 g/mol. The number of hydrogen-bond acceptors (Lipinski definition) is 7. The number of hydrogen-bond donors (Lipinski definition) is 1. The van der Waals surface area contributed by atoms with Gasteiger partial charge in [0.15, 0.2) is 11.5 Å². The van der Waals surface area contributed by atoms with Crippen LogP contribution in [0.1, 0.15) is 12.8 Å². The zero-order chi connectivity index (χ0) is 19.9. The van der Waals surface area contributed by atoms with Crippen LogP contribution in [0.5, 0.6) is 23.1 Å². The number of amides is 2. The third-order valence-electron chi connectivity index (χ3n) is 4.41. The molecule has 2 aromatic rings. The standard InChI is InChI=1S/C19H24N4O5/c1-25-15-9-13(10-16(26-2)18(15)27-3)22-19(24)23-8-4-5-14(12-23)28-17-11-20-6-7-21-17/h6-7,9-11,14H,4-5,8,12H2,1-3H3,(H,22,24). The van der Waals surface area contributed by atoms with Gasteiger partial charge in [0.05, 0.1) is 39.8 Å². The van der Waals surface area contributed by atoms with E-state index >= 15 is 0 Å². The van der Waals surface area contributed by atoms with Gasteiger partial charge in [-0.2, -0.15) is 0 Å². The molecule has 9 heteroatoms. The summed E-state index contributed by atoms with van der Waals surface area (Å²) in [6.07, 6.45) is 6.29. The van der Waals surface area contributed by atoms with E-state index in [1.165, 1.54) is 21.3 Å². The Morgan fingerprint density at radius 2 is 1.89 bits per heavy atom. The van der Waals surface area contributed by atoms with Crippen molar-refractivity contribution < 1.29 is 23.7 Å². The fourth-order valence-corrected chi connectivity index (χ4v) is 3.09. The van der Waals surface area contributed by atoms with Crippen molar-refractivity contribution in [3.8, 4) is 23.1 Å². The molecule has 28 heavy (non-hydrogen) atoms. The molecule has 1 fully saturated rings. The summed E-state index contributed by atoms with van der Waals surface area (Å²) in [5.74, 6) is 1.87. The molecule has 1 aliphatic heterocycles. The molecular formula is C19H24N4O5. The summed E-state index contributed by atoms with van der Waals surface area (Å²) in [6.45, 7) is 1.11. The summed E-state index contributed by atoms with van der Waals surface area (Å²) in [5, 5.41) is 2.88. The van der Waals surface area contributed by atoms with Crippen molar-refractivity contribution in [2.45, 2.75) is 18.9 Å². The molecule has 9 nitrogen and oxygen atoms in total. The van der Waals surface area contributed by atoms with Crippen LogP contribution in [0.25, 0.3) is 0 Å². The maximum absolute atomic E-state index is 12.7. The molecule has 2 heterocycles. The number of benzene rings is 1. The van der Waals surface area contributed by atoms with Gasteiger partial charge in [-0.1, -0.05) is 0 Å². The minimum absolute atomic E-state index is 0.129. The summed E-state index contributed by atoms with van der Waals surface area (Å²) >= 11 is 0. The van der Waals surface area contributed by atoms with E-state index in [0.29, 0.717) is 41.9 Å². The fourth-order valence-electron chi connectivity index (χ4n) is 3.09. The smallest absolute Gasteiger partial charge is 0.321 e. The SMILES string of the molecule is COc1cc(NC(=O)N2CCCC(Oc3cnccn3)C2)cc(OC)c1OC. The molecule has 1 unspecified atom stereocenters. The lowest BCUT2D eigenvalue weighted by Crippen LogP contribution is -2.46. The number of rotatable bonds is 6. The maximum atomic E-state index is 12.7. The van der Waals surface area contributed by atoms with Crippen LogP contribution in [0.4, 0.5) is 10.5 Å². The second-order valence-corrected chi connectivity index (χ2v) is 6.22. The van der Waals surface area contributed by atoms with Gasteiger partial charge in [-0.25, -0.2) is 9.78 Å². The molecule has 3 rings (SSSR count). The van der Waals surface area contributed by atoms with E-state index in [4.69, 9.17) is 18.9 Å². The highest BCUT2D eigenvalue weighted by molar-refractivity contribution is 5.90. The van der Waals surface area contributed by atoms with E-state index < -0.39 is 0 Å². The van der Waals surface area contributed by atoms with Gasteiger partial charge in [0.1, 0.15) is 6.10 Å². The second-order valence-electron chi connectivity index (χ2n) is 6.22. The number of anilines is 1. The Hall–Kier alpha value is -3.23. The molecule has 1 aromatic heterocycles. The zero-order valence-corrected chi connectivity index (χ0v) is 16.2. The van der Waals surface area contributed by atoms with Crippen LogP contribution >= 0.6 is 0 Å². The molecule has 150 valence electrons. The van der Waals surface area contributed by atoms with Gasteiger partial charge in [0, 0.05) is 31.1 Å². The van der Waals surface area contributed by atoms with Gasteiger partial charge >= 0.3 is 6.03 Å². The lowest BCUT2D eigenvalue weighted by Gasteiger charge is -2.32. The van der Waals surface area contributed by atoms with E-state index in [0.717, 1.165) is 12.8 Å².